The van der Waals surface area contributed by atoms with Crippen LogP contribution in [0.5, 0.6) is 0 Å². The van der Waals surface area contributed by atoms with Crippen molar-refractivity contribution in [1.29, 1.82) is 0 Å². The predicted molar refractivity (Wildman–Crippen MR) is 74.1 cm³/mol. The van der Waals surface area contributed by atoms with E-state index in [1.807, 2.05) is 12.1 Å². The Morgan fingerprint density at radius 3 is 2.53 bits per heavy atom. The van der Waals surface area contributed by atoms with Crippen molar-refractivity contribution in [2.45, 2.75) is 25.3 Å². The molecule has 0 radical (unpaired) electrons. The van der Waals surface area contributed by atoms with Crippen LogP contribution >= 0.6 is 0 Å². The zero-order chi connectivity index (χ0) is 14.1. The topological polar surface area (TPSA) is 57.7 Å². The Bertz CT molecular complexity index is 370. The van der Waals surface area contributed by atoms with E-state index >= 15 is 0 Å². The molecule has 5 nitrogen and oxygen atoms in total. The number of pyridine rings is 1. The van der Waals surface area contributed by atoms with Gasteiger partial charge >= 0.3 is 15.3 Å². The van der Waals surface area contributed by atoms with Crippen molar-refractivity contribution in [3.63, 3.8) is 0 Å². The molecular weight excluding hydrogens is 262 g/mol. The number of esters is 1. The second-order valence-corrected chi connectivity index (χ2v) is 7.18. The van der Waals surface area contributed by atoms with E-state index in [1.165, 1.54) is 0 Å². The van der Waals surface area contributed by atoms with Crippen LogP contribution in [0.25, 0.3) is 0 Å². The van der Waals surface area contributed by atoms with Gasteiger partial charge < -0.3 is 13.6 Å². The fourth-order valence-electron chi connectivity index (χ4n) is 1.77. The van der Waals surface area contributed by atoms with Crippen LogP contribution in [0.4, 0.5) is 0 Å². The standard InChI is InChI=1S/C13H21NO4Si/c1-11(19(16-2)17-3)6-9-18-13(15)10-12-4-7-14-8-5-12/h4-5,7-8,11,19H,6,9-10H2,1-3H3. The van der Waals surface area contributed by atoms with E-state index in [4.69, 9.17) is 13.6 Å². The van der Waals surface area contributed by atoms with Crippen molar-refractivity contribution < 1.29 is 18.4 Å². The summed E-state index contributed by atoms with van der Waals surface area (Å²) in [5, 5.41) is 0. The van der Waals surface area contributed by atoms with Crippen LogP contribution in [0, 0.1) is 0 Å². The van der Waals surface area contributed by atoms with E-state index in [2.05, 4.69) is 11.9 Å². The first-order chi connectivity index (χ1) is 9.17. The second kappa shape index (κ2) is 8.79. The molecular formula is C13H21NO4Si. The normalized spacial score (nSPS) is 12.4. The minimum atomic E-state index is -1.62. The summed E-state index contributed by atoms with van der Waals surface area (Å²) in [6, 6.07) is 3.62. The monoisotopic (exact) mass is 283 g/mol. The van der Waals surface area contributed by atoms with Crippen molar-refractivity contribution in [3.8, 4) is 0 Å². The highest BCUT2D eigenvalue weighted by Gasteiger charge is 2.19. The molecule has 0 aliphatic heterocycles. The Morgan fingerprint density at radius 1 is 1.32 bits per heavy atom. The van der Waals surface area contributed by atoms with Crippen LogP contribution in [0.3, 0.4) is 0 Å². The summed E-state index contributed by atoms with van der Waals surface area (Å²) in [6.45, 7) is 2.46. The average Bonchev–Trinajstić information content (AvgIpc) is 2.41. The summed E-state index contributed by atoms with van der Waals surface area (Å²) in [7, 11) is 1.70. The fourth-order valence-corrected chi connectivity index (χ4v) is 3.30. The lowest BCUT2D eigenvalue weighted by Gasteiger charge is -2.18. The number of carbonyl (C=O) groups excluding carboxylic acids is 1. The van der Waals surface area contributed by atoms with E-state index in [-0.39, 0.29) is 12.4 Å². The number of nitrogens with zero attached hydrogens (tertiary/aromatic N) is 1. The van der Waals surface area contributed by atoms with Crippen LogP contribution in [-0.2, 0) is 24.8 Å². The van der Waals surface area contributed by atoms with Gasteiger partial charge in [0.2, 0.25) is 0 Å². The van der Waals surface area contributed by atoms with Gasteiger partial charge in [-0.3, -0.25) is 9.78 Å². The van der Waals surface area contributed by atoms with Crippen LogP contribution < -0.4 is 0 Å². The second-order valence-electron chi connectivity index (χ2n) is 4.36. The lowest BCUT2D eigenvalue weighted by Crippen LogP contribution is -2.25. The molecule has 0 aromatic carbocycles. The van der Waals surface area contributed by atoms with Crippen molar-refractivity contribution in [1.82, 2.24) is 4.98 Å². The Labute approximate surface area is 115 Å². The van der Waals surface area contributed by atoms with Crippen molar-refractivity contribution in [2.75, 3.05) is 20.8 Å². The summed E-state index contributed by atoms with van der Waals surface area (Å²) in [5.74, 6) is -0.216. The van der Waals surface area contributed by atoms with Gasteiger partial charge in [0.25, 0.3) is 0 Å². The van der Waals surface area contributed by atoms with Gasteiger partial charge in [0.05, 0.1) is 13.0 Å². The van der Waals surface area contributed by atoms with Crippen LogP contribution in [0.1, 0.15) is 18.9 Å². The molecule has 0 amide bonds. The first-order valence-corrected chi connectivity index (χ1v) is 7.88. The van der Waals surface area contributed by atoms with Crippen LogP contribution in [0.15, 0.2) is 24.5 Å². The smallest absolute Gasteiger partial charge is 0.323 e. The lowest BCUT2D eigenvalue weighted by molar-refractivity contribution is -0.142. The SMILES string of the molecule is CO[SiH](OC)C(C)CCOC(=O)Cc1ccncc1. The van der Waals surface area contributed by atoms with Crippen LogP contribution in [0.2, 0.25) is 5.54 Å². The number of hydrogen-bond donors (Lipinski definition) is 0. The van der Waals surface area contributed by atoms with Gasteiger partial charge in [0, 0.05) is 32.2 Å². The van der Waals surface area contributed by atoms with E-state index in [1.54, 1.807) is 26.6 Å². The molecule has 1 unspecified atom stereocenters. The molecule has 1 heterocycles. The molecule has 1 atom stereocenters. The van der Waals surface area contributed by atoms with Crippen LogP contribution in [-0.4, -0.2) is 41.1 Å². The Kier molecular flexibility index (Phi) is 7.31. The summed E-state index contributed by atoms with van der Waals surface area (Å²) in [4.78, 5) is 15.5. The maximum atomic E-state index is 11.6. The van der Waals surface area contributed by atoms with E-state index in [0.29, 0.717) is 12.1 Å². The summed E-state index contributed by atoms with van der Waals surface area (Å²) in [5.41, 5.74) is 1.22. The number of ether oxygens (including phenoxy) is 1. The molecule has 0 saturated heterocycles. The van der Waals surface area contributed by atoms with Gasteiger partial charge in [0.15, 0.2) is 0 Å². The Balaban J connectivity index is 2.24. The third-order valence-electron chi connectivity index (χ3n) is 2.86. The molecule has 1 aromatic rings. The van der Waals surface area contributed by atoms with E-state index in [9.17, 15) is 4.79 Å². The van der Waals surface area contributed by atoms with Gasteiger partial charge in [-0.1, -0.05) is 6.92 Å². The highest BCUT2D eigenvalue weighted by molar-refractivity contribution is 6.46. The van der Waals surface area contributed by atoms with E-state index in [0.717, 1.165) is 12.0 Å². The lowest BCUT2D eigenvalue weighted by atomic mass is 10.2. The largest absolute Gasteiger partial charge is 0.465 e. The maximum Gasteiger partial charge on any atom is 0.323 e. The van der Waals surface area contributed by atoms with Gasteiger partial charge in [-0.05, 0) is 24.1 Å². The molecule has 19 heavy (non-hydrogen) atoms. The summed E-state index contributed by atoms with van der Waals surface area (Å²) < 4.78 is 15.8. The molecule has 1 rings (SSSR count). The fraction of sp³-hybridized carbons (Fsp3) is 0.538. The number of aromatic nitrogens is 1. The zero-order valence-electron chi connectivity index (χ0n) is 11.7. The summed E-state index contributed by atoms with van der Waals surface area (Å²) in [6.07, 6.45) is 4.38. The van der Waals surface area contributed by atoms with Crippen molar-refractivity contribution in [3.05, 3.63) is 30.1 Å². The third-order valence-corrected chi connectivity index (χ3v) is 5.06. The molecule has 1 aromatic heterocycles. The third kappa shape index (κ3) is 5.95. The van der Waals surface area contributed by atoms with Crippen molar-refractivity contribution >= 4 is 15.3 Å². The van der Waals surface area contributed by atoms with Gasteiger partial charge in [0.1, 0.15) is 0 Å². The first-order valence-electron chi connectivity index (χ1n) is 6.27. The first kappa shape index (κ1) is 15.8. The molecule has 0 saturated carbocycles. The predicted octanol–water partition coefficient (Wildman–Crippen LogP) is 1.46. The van der Waals surface area contributed by atoms with Gasteiger partial charge in [-0.15, -0.1) is 0 Å². The minimum absolute atomic E-state index is 0.216. The molecule has 0 fully saturated rings. The molecule has 0 aliphatic carbocycles. The highest BCUT2D eigenvalue weighted by atomic mass is 28.3. The number of rotatable bonds is 8. The molecule has 0 aliphatic rings. The molecule has 0 bridgehead atoms. The Hall–Kier alpha value is -1.24. The quantitative estimate of drug-likeness (QED) is 0.534. The number of hydrogen-bond acceptors (Lipinski definition) is 5. The zero-order valence-corrected chi connectivity index (χ0v) is 12.8. The molecule has 0 spiro atoms. The molecule has 106 valence electrons. The minimum Gasteiger partial charge on any atom is -0.465 e. The Morgan fingerprint density at radius 2 is 1.95 bits per heavy atom. The molecule has 6 heteroatoms. The van der Waals surface area contributed by atoms with Gasteiger partial charge in [-0.2, -0.15) is 0 Å². The van der Waals surface area contributed by atoms with Gasteiger partial charge in [-0.25, -0.2) is 0 Å². The summed E-state index contributed by atoms with van der Waals surface area (Å²) >= 11 is 0. The van der Waals surface area contributed by atoms with Crippen molar-refractivity contribution in [2.24, 2.45) is 0 Å². The molecule has 0 N–H and O–H groups in total. The number of carbonyl (C=O) groups is 1. The average molecular weight is 283 g/mol. The maximum absolute atomic E-state index is 11.6. The highest BCUT2D eigenvalue weighted by Crippen LogP contribution is 2.15. The van der Waals surface area contributed by atoms with E-state index < -0.39 is 9.28 Å².